The average Bonchev–Trinajstić information content (AvgIpc) is 3.19. The Morgan fingerprint density at radius 3 is 2.44 bits per heavy atom. The van der Waals surface area contributed by atoms with E-state index in [1.54, 1.807) is 19.9 Å². The first kappa shape index (κ1) is 23.7. The van der Waals surface area contributed by atoms with E-state index in [1.807, 2.05) is 22.8 Å². The number of carbonyl (C=O) groups is 2. The van der Waals surface area contributed by atoms with E-state index in [0.29, 0.717) is 46.1 Å². The van der Waals surface area contributed by atoms with Gasteiger partial charge in [-0.25, -0.2) is 0 Å². The molecule has 1 amide bonds. The van der Waals surface area contributed by atoms with Crippen LogP contribution in [0, 0.1) is 23.2 Å². The fourth-order valence-corrected chi connectivity index (χ4v) is 7.67. The minimum Gasteiger partial charge on any atom is -0.465 e. The number of nitrogens with zero attached hydrogens (tertiary/aromatic N) is 3. The Hall–Kier alpha value is -2.06. The van der Waals surface area contributed by atoms with E-state index in [1.165, 1.54) is 31.0 Å². The number of hydrogen-bond acceptors (Lipinski definition) is 6. The van der Waals surface area contributed by atoms with Crippen LogP contribution >= 0.6 is 23.4 Å². The first-order valence-electron chi connectivity index (χ1n) is 12.2. The predicted octanol–water partition coefficient (Wildman–Crippen LogP) is 4.80. The van der Waals surface area contributed by atoms with Crippen molar-refractivity contribution in [3.63, 3.8) is 0 Å². The van der Waals surface area contributed by atoms with Gasteiger partial charge in [-0.1, -0.05) is 35.5 Å². The largest absolute Gasteiger partial charge is 0.465 e. The van der Waals surface area contributed by atoms with Gasteiger partial charge in [-0.3, -0.25) is 14.2 Å². The van der Waals surface area contributed by atoms with Crippen LogP contribution in [0.15, 0.2) is 29.4 Å². The topological polar surface area (TPSA) is 86.1 Å². The molecule has 9 heteroatoms. The summed E-state index contributed by atoms with van der Waals surface area (Å²) in [4.78, 5) is 25.7. The number of aromatic nitrogens is 3. The minimum absolute atomic E-state index is 0.148. The molecule has 4 saturated carbocycles. The molecule has 34 heavy (non-hydrogen) atoms. The summed E-state index contributed by atoms with van der Waals surface area (Å²) >= 11 is 7.79. The minimum atomic E-state index is -0.458. The normalized spacial score (nSPS) is 28.0. The summed E-state index contributed by atoms with van der Waals surface area (Å²) in [5.41, 5.74) is 0.492. The molecule has 6 rings (SSSR count). The van der Waals surface area contributed by atoms with Gasteiger partial charge in [0.05, 0.1) is 23.9 Å². The van der Waals surface area contributed by atoms with Crippen LogP contribution in [-0.4, -0.2) is 38.5 Å². The third-order valence-corrected chi connectivity index (χ3v) is 8.96. The zero-order valence-electron chi connectivity index (χ0n) is 19.6. The van der Waals surface area contributed by atoms with Crippen molar-refractivity contribution in [2.24, 2.45) is 23.2 Å². The molecule has 4 aliphatic rings. The van der Waals surface area contributed by atoms with Crippen molar-refractivity contribution in [2.75, 3.05) is 6.61 Å². The smallest absolute Gasteiger partial charge is 0.319 e. The molecule has 1 heterocycles. The Bertz CT molecular complexity index is 1050. The van der Waals surface area contributed by atoms with Gasteiger partial charge in [-0.05, 0) is 82.3 Å². The standard InChI is InChI=1S/C25H31ClN4O3S/c1-3-33-22(31)15(2)34-24-29-28-21(30(24)20-7-5-4-6-19(20)26)14-27-23(32)25-11-16-8-17(12-25)10-18(9-16)13-25/h4-7,15-18H,3,8-14H2,1-2H3,(H,27,32)/t15-,16?,17?,18?,25?/m1/s1. The summed E-state index contributed by atoms with van der Waals surface area (Å²) in [6.45, 7) is 4.14. The second-order valence-corrected chi connectivity index (χ2v) is 11.8. The Kier molecular flexibility index (Phi) is 6.64. The first-order valence-corrected chi connectivity index (χ1v) is 13.4. The van der Waals surface area contributed by atoms with Gasteiger partial charge in [-0.15, -0.1) is 10.2 Å². The zero-order valence-corrected chi connectivity index (χ0v) is 21.2. The number of ether oxygens (including phenoxy) is 1. The quantitative estimate of drug-likeness (QED) is 0.412. The Morgan fingerprint density at radius 2 is 1.82 bits per heavy atom. The number of amides is 1. The molecular weight excluding hydrogens is 472 g/mol. The molecular formula is C25H31ClN4O3S. The highest BCUT2D eigenvalue weighted by molar-refractivity contribution is 8.00. The van der Waals surface area contributed by atoms with Gasteiger partial charge in [0.2, 0.25) is 5.91 Å². The fraction of sp³-hybridized carbons (Fsp3) is 0.600. The summed E-state index contributed by atoms with van der Waals surface area (Å²) in [5, 5.41) is 12.5. The monoisotopic (exact) mass is 502 g/mol. The molecule has 4 bridgehead atoms. The van der Waals surface area contributed by atoms with E-state index in [-0.39, 0.29) is 23.8 Å². The average molecular weight is 503 g/mol. The summed E-state index contributed by atoms with van der Waals surface area (Å²) in [5.74, 6) is 2.54. The van der Waals surface area contributed by atoms with Crippen LogP contribution in [-0.2, 0) is 20.9 Å². The van der Waals surface area contributed by atoms with Crippen molar-refractivity contribution >= 4 is 35.2 Å². The Balaban J connectivity index is 1.37. The number of nitrogens with one attached hydrogen (secondary N) is 1. The molecule has 1 aromatic heterocycles. The van der Waals surface area contributed by atoms with Gasteiger partial charge in [0.1, 0.15) is 5.25 Å². The van der Waals surface area contributed by atoms with Crippen LogP contribution in [0.25, 0.3) is 5.69 Å². The molecule has 1 aromatic carbocycles. The Labute approximate surface area is 209 Å². The van der Waals surface area contributed by atoms with Gasteiger partial charge >= 0.3 is 5.97 Å². The molecule has 1 N–H and O–H groups in total. The van der Waals surface area contributed by atoms with Gasteiger partial charge in [-0.2, -0.15) is 0 Å². The molecule has 1 atom stereocenters. The summed E-state index contributed by atoms with van der Waals surface area (Å²) in [7, 11) is 0. The van der Waals surface area contributed by atoms with Gasteiger partial charge in [0, 0.05) is 5.41 Å². The van der Waals surface area contributed by atoms with Crippen LogP contribution in [0.5, 0.6) is 0 Å². The maximum Gasteiger partial charge on any atom is 0.319 e. The van der Waals surface area contributed by atoms with E-state index in [9.17, 15) is 9.59 Å². The maximum atomic E-state index is 13.5. The maximum absolute atomic E-state index is 13.5. The van der Waals surface area contributed by atoms with Crippen molar-refractivity contribution in [2.45, 2.75) is 69.3 Å². The van der Waals surface area contributed by atoms with Crippen molar-refractivity contribution in [1.82, 2.24) is 20.1 Å². The second kappa shape index (κ2) is 9.53. The zero-order chi connectivity index (χ0) is 23.9. The van der Waals surface area contributed by atoms with E-state index in [4.69, 9.17) is 16.3 Å². The van der Waals surface area contributed by atoms with Crippen LogP contribution < -0.4 is 5.32 Å². The molecule has 7 nitrogen and oxygen atoms in total. The van der Waals surface area contributed by atoms with E-state index < -0.39 is 5.25 Å². The van der Waals surface area contributed by atoms with Gasteiger partial charge < -0.3 is 10.1 Å². The number of esters is 1. The summed E-state index contributed by atoms with van der Waals surface area (Å²) in [6, 6.07) is 7.44. The van der Waals surface area contributed by atoms with E-state index in [0.717, 1.165) is 19.3 Å². The summed E-state index contributed by atoms with van der Waals surface area (Å²) in [6.07, 6.45) is 6.94. The highest BCUT2D eigenvalue weighted by Gasteiger charge is 2.54. The van der Waals surface area contributed by atoms with Crippen molar-refractivity contribution in [3.8, 4) is 5.69 Å². The van der Waals surface area contributed by atoms with Crippen molar-refractivity contribution in [1.29, 1.82) is 0 Å². The lowest BCUT2D eigenvalue weighted by molar-refractivity contribution is -0.146. The SMILES string of the molecule is CCOC(=O)[C@@H](C)Sc1nnc(CNC(=O)C23CC4CC(CC(C4)C2)C3)n1-c1ccccc1Cl. The highest BCUT2D eigenvalue weighted by Crippen LogP contribution is 2.60. The van der Waals surface area contributed by atoms with E-state index in [2.05, 4.69) is 15.5 Å². The number of halogens is 1. The van der Waals surface area contributed by atoms with Crippen molar-refractivity contribution in [3.05, 3.63) is 35.1 Å². The molecule has 4 fully saturated rings. The molecule has 0 radical (unpaired) electrons. The lowest BCUT2D eigenvalue weighted by Gasteiger charge is -2.55. The number of benzene rings is 1. The number of carbonyl (C=O) groups excluding carboxylic acids is 2. The molecule has 182 valence electrons. The number of hydrogen-bond donors (Lipinski definition) is 1. The molecule has 2 aromatic rings. The summed E-state index contributed by atoms with van der Waals surface area (Å²) < 4.78 is 6.98. The van der Waals surface area contributed by atoms with Crippen LogP contribution in [0.3, 0.4) is 0 Å². The Morgan fingerprint density at radius 1 is 1.18 bits per heavy atom. The number of thioether (sulfide) groups is 1. The third-order valence-electron chi connectivity index (χ3n) is 7.62. The second-order valence-electron chi connectivity index (χ2n) is 10.1. The van der Waals surface area contributed by atoms with Gasteiger partial charge in [0.15, 0.2) is 11.0 Å². The highest BCUT2D eigenvalue weighted by atomic mass is 35.5. The van der Waals surface area contributed by atoms with Crippen LogP contribution in [0.4, 0.5) is 0 Å². The van der Waals surface area contributed by atoms with Crippen LogP contribution in [0.1, 0.15) is 58.2 Å². The molecule has 0 aliphatic heterocycles. The number of rotatable bonds is 8. The lowest BCUT2D eigenvalue weighted by Crippen LogP contribution is -2.53. The predicted molar refractivity (Wildman–Crippen MR) is 131 cm³/mol. The van der Waals surface area contributed by atoms with E-state index >= 15 is 0 Å². The molecule has 4 aliphatic carbocycles. The fourth-order valence-electron chi connectivity index (χ4n) is 6.57. The number of para-hydroxylation sites is 1. The third kappa shape index (κ3) is 4.47. The molecule has 0 saturated heterocycles. The first-order chi connectivity index (χ1) is 16.4. The molecule has 0 spiro atoms. The molecule has 0 unspecified atom stereocenters. The van der Waals surface area contributed by atoms with Crippen molar-refractivity contribution < 1.29 is 14.3 Å². The van der Waals surface area contributed by atoms with Gasteiger partial charge in [0.25, 0.3) is 0 Å². The van der Waals surface area contributed by atoms with Crippen LogP contribution in [0.2, 0.25) is 5.02 Å². The lowest BCUT2D eigenvalue weighted by atomic mass is 9.49.